The first-order valence-corrected chi connectivity index (χ1v) is 12.7. The molecule has 192 valence electrons. The number of halogens is 3. The van der Waals surface area contributed by atoms with Crippen LogP contribution in [0.5, 0.6) is 0 Å². The van der Waals surface area contributed by atoms with Gasteiger partial charge < -0.3 is 10.6 Å². The van der Waals surface area contributed by atoms with Crippen molar-refractivity contribution in [2.24, 2.45) is 0 Å². The maximum atomic E-state index is 12.7. The highest BCUT2D eigenvalue weighted by Crippen LogP contribution is 2.29. The molecule has 0 heterocycles. The maximum Gasteiger partial charge on any atom is 0.416 e. The summed E-state index contributed by atoms with van der Waals surface area (Å²) in [6.45, 7) is 4.01. The van der Waals surface area contributed by atoms with Crippen LogP contribution in [0.4, 0.5) is 13.2 Å². The predicted molar refractivity (Wildman–Crippen MR) is 140 cm³/mol. The molecule has 3 nitrogen and oxygen atoms in total. The Balaban J connectivity index is 1.42. The van der Waals surface area contributed by atoms with Crippen LogP contribution >= 0.6 is 0 Å². The minimum Gasteiger partial charge on any atom is -0.352 e. The molecule has 0 spiro atoms. The van der Waals surface area contributed by atoms with Crippen molar-refractivity contribution in [1.29, 1.82) is 0 Å². The first kappa shape index (κ1) is 27.5. The molecule has 3 aromatic carbocycles. The van der Waals surface area contributed by atoms with Gasteiger partial charge in [-0.3, -0.25) is 4.79 Å². The van der Waals surface area contributed by atoms with E-state index in [2.05, 4.69) is 17.6 Å². The van der Waals surface area contributed by atoms with Gasteiger partial charge in [-0.05, 0) is 52.9 Å². The standard InChI is InChI=1S/C30H35F3N2O/c1-2-3-4-5-6-7-20-35-29(36)27-16-14-26(15-17-27)25-12-8-23(9-13-25)21-34-22-24-10-18-28(19-11-24)30(31,32)33/h8-19,34H,2-7,20-22H2,1H3,(H,35,36). The van der Waals surface area contributed by atoms with Crippen LogP contribution in [0.25, 0.3) is 11.1 Å². The van der Waals surface area contributed by atoms with Gasteiger partial charge in [0.2, 0.25) is 0 Å². The fraction of sp³-hybridized carbons (Fsp3) is 0.367. The highest BCUT2D eigenvalue weighted by atomic mass is 19.4. The number of hydrogen-bond donors (Lipinski definition) is 2. The molecule has 6 heteroatoms. The van der Waals surface area contributed by atoms with Crippen LogP contribution in [0.1, 0.15) is 72.5 Å². The Morgan fingerprint density at radius 1 is 0.694 bits per heavy atom. The average molecular weight is 497 g/mol. The van der Waals surface area contributed by atoms with E-state index in [9.17, 15) is 18.0 Å². The normalized spacial score (nSPS) is 11.4. The Morgan fingerprint density at radius 2 is 1.19 bits per heavy atom. The van der Waals surface area contributed by atoms with E-state index in [1.54, 1.807) is 0 Å². The van der Waals surface area contributed by atoms with Crippen molar-refractivity contribution in [2.75, 3.05) is 6.54 Å². The van der Waals surface area contributed by atoms with Crippen LogP contribution < -0.4 is 10.6 Å². The van der Waals surface area contributed by atoms with Gasteiger partial charge in [-0.2, -0.15) is 13.2 Å². The Morgan fingerprint density at radius 3 is 1.75 bits per heavy atom. The zero-order chi connectivity index (χ0) is 25.8. The van der Waals surface area contributed by atoms with Crippen molar-refractivity contribution >= 4 is 5.91 Å². The van der Waals surface area contributed by atoms with Gasteiger partial charge in [0.05, 0.1) is 5.56 Å². The van der Waals surface area contributed by atoms with E-state index >= 15 is 0 Å². The summed E-state index contributed by atoms with van der Waals surface area (Å²) in [5.41, 5.74) is 4.00. The van der Waals surface area contributed by atoms with Gasteiger partial charge in [0.25, 0.3) is 5.91 Å². The summed E-state index contributed by atoms with van der Waals surface area (Å²) < 4.78 is 38.0. The Kier molecular flexibility index (Phi) is 10.6. The first-order valence-electron chi connectivity index (χ1n) is 12.7. The zero-order valence-corrected chi connectivity index (χ0v) is 20.8. The van der Waals surface area contributed by atoms with Gasteiger partial charge in [-0.25, -0.2) is 0 Å². The van der Waals surface area contributed by atoms with E-state index in [1.807, 2.05) is 48.5 Å². The van der Waals surface area contributed by atoms with Crippen LogP contribution in [-0.4, -0.2) is 12.5 Å². The third-order valence-corrected chi connectivity index (χ3v) is 6.19. The lowest BCUT2D eigenvalue weighted by atomic mass is 10.0. The molecule has 0 fully saturated rings. The largest absolute Gasteiger partial charge is 0.416 e. The molecule has 0 aliphatic rings. The summed E-state index contributed by atoms with van der Waals surface area (Å²) in [4.78, 5) is 12.4. The van der Waals surface area contributed by atoms with Crippen LogP contribution in [0.3, 0.4) is 0 Å². The van der Waals surface area contributed by atoms with Crippen molar-refractivity contribution in [3.63, 3.8) is 0 Å². The molecule has 0 radical (unpaired) electrons. The minimum atomic E-state index is -4.31. The Bertz CT molecular complexity index is 1060. The van der Waals surface area contributed by atoms with Gasteiger partial charge in [0, 0.05) is 25.2 Å². The van der Waals surface area contributed by atoms with Crippen molar-refractivity contribution in [3.05, 3.63) is 95.1 Å². The number of unbranched alkanes of at least 4 members (excludes halogenated alkanes) is 5. The van der Waals surface area contributed by atoms with Crippen molar-refractivity contribution in [3.8, 4) is 11.1 Å². The van der Waals surface area contributed by atoms with E-state index in [-0.39, 0.29) is 5.91 Å². The molecule has 3 aromatic rings. The number of carbonyl (C=O) groups excluding carboxylic acids is 1. The molecule has 0 aromatic heterocycles. The van der Waals surface area contributed by atoms with Gasteiger partial charge in [-0.15, -0.1) is 0 Å². The number of carbonyl (C=O) groups is 1. The molecule has 0 saturated carbocycles. The molecule has 3 rings (SSSR count). The third-order valence-electron chi connectivity index (χ3n) is 6.19. The number of benzene rings is 3. The quantitative estimate of drug-likeness (QED) is 0.238. The molecule has 0 unspecified atom stereocenters. The number of amides is 1. The van der Waals surface area contributed by atoms with Crippen molar-refractivity contribution in [1.82, 2.24) is 10.6 Å². The summed E-state index contributed by atoms with van der Waals surface area (Å²) in [7, 11) is 0. The molecule has 1 amide bonds. The van der Waals surface area contributed by atoms with Gasteiger partial charge >= 0.3 is 6.18 Å². The van der Waals surface area contributed by atoms with Crippen LogP contribution in [0.15, 0.2) is 72.8 Å². The lowest BCUT2D eigenvalue weighted by Crippen LogP contribution is -2.24. The van der Waals surface area contributed by atoms with Crippen LogP contribution in [0.2, 0.25) is 0 Å². The number of rotatable bonds is 13. The van der Waals surface area contributed by atoms with Crippen molar-refractivity contribution in [2.45, 2.75) is 64.7 Å². The van der Waals surface area contributed by atoms with E-state index in [4.69, 9.17) is 0 Å². The fourth-order valence-electron chi connectivity index (χ4n) is 4.00. The topological polar surface area (TPSA) is 41.1 Å². The highest BCUT2D eigenvalue weighted by Gasteiger charge is 2.29. The van der Waals surface area contributed by atoms with E-state index in [0.717, 1.165) is 47.2 Å². The Hall–Kier alpha value is -3.12. The lowest BCUT2D eigenvalue weighted by molar-refractivity contribution is -0.137. The molecular weight excluding hydrogens is 461 g/mol. The first-order chi connectivity index (χ1) is 17.4. The van der Waals surface area contributed by atoms with E-state index in [1.165, 1.54) is 37.8 Å². The smallest absolute Gasteiger partial charge is 0.352 e. The summed E-state index contributed by atoms with van der Waals surface area (Å²) in [6.07, 6.45) is 2.87. The van der Waals surface area contributed by atoms with E-state index in [0.29, 0.717) is 25.2 Å². The molecule has 0 aliphatic carbocycles. The number of hydrogen-bond acceptors (Lipinski definition) is 2. The second-order valence-corrected chi connectivity index (χ2v) is 9.10. The molecule has 0 atom stereocenters. The molecule has 2 N–H and O–H groups in total. The third kappa shape index (κ3) is 8.83. The van der Waals surface area contributed by atoms with Gasteiger partial charge in [-0.1, -0.05) is 87.6 Å². The number of alkyl halides is 3. The second kappa shape index (κ2) is 13.8. The van der Waals surface area contributed by atoms with Crippen LogP contribution in [-0.2, 0) is 19.3 Å². The molecular formula is C30H35F3N2O. The molecule has 0 bridgehead atoms. The molecule has 36 heavy (non-hydrogen) atoms. The highest BCUT2D eigenvalue weighted by molar-refractivity contribution is 5.94. The molecule has 0 aliphatic heterocycles. The summed E-state index contributed by atoms with van der Waals surface area (Å²) in [6, 6.07) is 20.9. The minimum absolute atomic E-state index is 0.0374. The average Bonchev–Trinajstić information content (AvgIpc) is 2.88. The van der Waals surface area contributed by atoms with E-state index < -0.39 is 11.7 Å². The number of nitrogens with one attached hydrogen (secondary N) is 2. The monoisotopic (exact) mass is 496 g/mol. The van der Waals surface area contributed by atoms with Crippen molar-refractivity contribution < 1.29 is 18.0 Å². The SMILES string of the molecule is CCCCCCCCNC(=O)c1ccc(-c2ccc(CNCc3ccc(C(F)(F)F)cc3)cc2)cc1. The zero-order valence-electron chi connectivity index (χ0n) is 20.8. The van der Waals surface area contributed by atoms with Crippen LogP contribution in [0, 0.1) is 0 Å². The van der Waals surface area contributed by atoms with Gasteiger partial charge in [0.1, 0.15) is 0 Å². The summed E-state index contributed by atoms with van der Waals surface area (Å²) in [5, 5.41) is 6.26. The molecule has 0 saturated heterocycles. The predicted octanol–water partition coefficient (Wildman–Crippen LogP) is 7.75. The summed E-state index contributed by atoms with van der Waals surface area (Å²) >= 11 is 0. The maximum absolute atomic E-state index is 12.7. The van der Waals surface area contributed by atoms with Gasteiger partial charge in [0.15, 0.2) is 0 Å². The lowest BCUT2D eigenvalue weighted by Gasteiger charge is -2.09. The Labute approximate surface area is 212 Å². The fourth-order valence-corrected chi connectivity index (χ4v) is 4.00. The summed E-state index contributed by atoms with van der Waals surface area (Å²) in [5.74, 6) is -0.0374. The second-order valence-electron chi connectivity index (χ2n) is 9.10.